The molecule has 1 heterocycles. The monoisotopic (exact) mass is 557 g/mol. The Labute approximate surface area is 217 Å². The third kappa shape index (κ3) is 6.08. The molecule has 1 nitrogen and oxygen atoms in total. The molecular weight excluding hydrogens is 526 g/mol. The van der Waals surface area contributed by atoms with Crippen LogP contribution in [0.5, 0.6) is 0 Å². The van der Waals surface area contributed by atoms with Crippen molar-refractivity contribution in [3.05, 3.63) is 77.0 Å². The first-order chi connectivity index (χ1) is 15.3. The number of hydrogen-bond donors (Lipinski definition) is 0. The van der Waals surface area contributed by atoms with Crippen LogP contribution in [0, 0.1) is 13.8 Å². The van der Waals surface area contributed by atoms with Gasteiger partial charge < -0.3 is 4.42 Å². The number of rotatable bonds is 2. The molecule has 1 aromatic heterocycles. The van der Waals surface area contributed by atoms with E-state index >= 15 is 0 Å². The summed E-state index contributed by atoms with van der Waals surface area (Å²) in [5, 5.41) is 2.56. The molecule has 4 aromatic rings. The summed E-state index contributed by atoms with van der Waals surface area (Å²) in [6.07, 6.45) is 0. The van der Waals surface area contributed by atoms with Crippen LogP contribution in [-0.2, 0) is 31.7 Å². The molecule has 3 aromatic carbocycles. The molecule has 0 atom stereocenters. The maximum absolute atomic E-state index is 5.90. The van der Waals surface area contributed by atoms with E-state index in [-0.39, 0.29) is 10.8 Å². The molecule has 0 saturated carbocycles. The average Bonchev–Trinajstić information content (AvgIpc) is 3.33. The zero-order chi connectivity index (χ0) is 24.6. The van der Waals surface area contributed by atoms with Crippen molar-refractivity contribution in [3.63, 3.8) is 0 Å². The van der Waals surface area contributed by atoms with Gasteiger partial charge in [0.2, 0.25) is 0 Å². The van der Waals surface area contributed by atoms with Crippen molar-refractivity contribution in [2.45, 2.75) is 66.2 Å². The van der Waals surface area contributed by atoms with Crippen LogP contribution >= 0.6 is 17.0 Å². The predicted octanol–water partition coefficient (Wildman–Crippen LogP) is 10.1. The Kier molecular flexibility index (Phi) is 8.15. The molecule has 0 spiro atoms. The molecule has 0 N–H and O–H groups in total. The van der Waals surface area contributed by atoms with Gasteiger partial charge in [-0.15, -0.1) is 29.0 Å². The van der Waals surface area contributed by atoms with Crippen LogP contribution in [0.3, 0.4) is 0 Å². The minimum absolute atomic E-state index is 0.0979. The van der Waals surface area contributed by atoms with E-state index < -0.39 is 20.8 Å². The second-order valence-electron chi connectivity index (χ2n) is 10.8. The minimum atomic E-state index is -0.826. The molecule has 4 heteroatoms. The van der Waals surface area contributed by atoms with Gasteiger partial charge in [-0.2, -0.15) is 0 Å². The van der Waals surface area contributed by atoms with Gasteiger partial charge in [0.15, 0.2) is 0 Å². The van der Waals surface area contributed by atoms with Gasteiger partial charge >= 0.3 is 37.9 Å². The normalized spacial score (nSPS) is 11.9. The number of hydrogen-bond acceptors (Lipinski definition) is 1. The van der Waals surface area contributed by atoms with E-state index in [0.29, 0.717) is 0 Å². The Balaban J connectivity index is 0.000000968. The summed E-state index contributed by atoms with van der Waals surface area (Å²) in [7, 11) is 9.87. The first-order valence-corrected chi connectivity index (χ1v) is 17.6. The van der Waals surface area contributed by atoms with E-state index in [9.17, 15) is 0 Å². The molecule has 33 heavy (non-hydrogen) atoms. The van der Waals surface area contributed by atoms with Crippen molar-refractivity contribution in [2.75, 3.05) is 0 Å². The summed E-state index contributed by atoms with van der Waals surface area (Å²) in [4.78, 5) is 0. The van der Waals surface area contributed by atoms with Gasteiger partial charge in [-0.1, -0.05) is 76.9 Å². The SMILES string of the molecule is Cc1ccc(-c2cc3c(-c4cc(C(C)(C)C)cc(C(C)(C)C)c4)c(C)ccc3[cH-]2)o1.[Cl][Zr][Cl]. The fraction of sp³-hybridized carbons (Fsp3) is 0.345. The third-order valence-electron chi connectivity index (χ3n) is 6.08. The fourth-order valence-electron chi connectivity index (χ4n) is 4.14. The van der Waals surface area contributed by atoms with E-state index in [2.05, 4.69) is 97.0 Å². The predicted molar refractivity (Wildman–Crippen MR) is 141 cm³/mol. The van der Waals surface area contributed by atoms with Crippen molar-refractivity contribution in [1.82, 2.24) is 0 Å². The van der Waals surface area contributed by atoms with Gasteiger partial charge in [-0.05, 0) is 59.1 Å². The van der Waals surface area contributed by atoms with Crippen LogP contribution in [0.4, 0.5) is 0 Å². The number of fused-ring (bicyclic) bond motifs is 1. The summed E-state index contributed by atoms with van der Waals surface area (Å²) in [5.41, 5.74) is 8.06. The Hall–Kier alpha value is -1.21. The summed E-state index contributed by atoms with van der Waals surface area (Å²) in [6, 6.07) is 20.3. The van der Waals surface area contributed by atoms with Gasteiger partial charge in [-0.3, -0.25) is 0 Å². The zero-order valence-electron chi connectivity index (χ0n) is 20.9. The van der Waals surface area contributed by atoms with Crippen molar-refractivity contribution >= 4 is 27.8 Å². The Morgan fingerprint density at radius 2 is 1.36 bits per heavy atom. The van der Waals surface area contributed by atoms with Crippen LogP contribution < -0.4 is 0 Å². The van der Waals surface area contributed by atoms with Crippen LogP contribution in [0.2, 0.25) is 0 Å². The number of halogens is 2. The van der Waals surface area contributed by atoms with Gasteiger partial charge in [-0.25, -0.2) is 0 Å². The van der Waals surface area contributed by atoms with Gasteiger partial charge in [0, 0.05) is 0 Å². The second-order valence-corrected chi connectivity index (χ2v) is 14.5. The van der Waals surface area contributed by atoms with Crippen LogP contribution in [0.1, 0.15) is 64.0 Å². The Bertz CT molecular complexity index is 1220. The summed E-state index contributed by atoms with van der Waals surface area (Å²) in [6.45, 7) is 18.0. The van der Waals surface area contributed by atoms with Gasteiger partial charge in [0.05, 0.1) is 11.5 Å². The molecule has 0 radical (unpaired) electrons. The second kappa shape index (κ2) is 10.2. The summed E-state index contributed by atoms with van der Waals surface area (Å²) < 4.78 is 5.90. The molecule has 0 fully saturated rings. The first kappa shape index (κ1) is 26.4. The quantitative estimate of drug-likeness (QED) is 0.223. The van der Waals surface area contributed by atoms with Crippen LogP contribution in [0.15, 0.2) is 59.0 Å². The van der Waals surface area contributed by atoms with E-state index in [1.165, 1.54) is 38.6 Å². The van der Waals surface area contributed by atoms with Crippen LogP contribution in [0.25, 0.3) is 33.2 Å². The topological polar surface area (TPSA) is 13.1 Å². The standard InChI is InChI=1S/C29H33O.2ClH.Zr/c1-18-9-11-20-13-21(26-12-10-19(2)30-26)16-25(20)27(18)22-14-23(28(3,4)5)17-24(15-22)29(6,7)8;;;/h9-17H,1-8H3;2*1H;/q-1;;;+2/p-2. The summed E-state index contributed by atoms with van der Waals surface area (Å²) >= 11 is -0.826. The van der Waals surface area contributed by atoms with Crippen molar-refractivity contribution < 1.29 is 25.3 Å². The molecule has 174 valence electrons. The van der Waals surface area contributed by atoms with E-state index in [1.807, 2.05) is 13.0 Å². The van der Waals surface area contributed by atoms with E-state index in [4.69, 9.17) is 21.4 Å². The first-order valence-electron chi connectivity index (χ1n) is 11.2. The molecule has 0 aliphatic carbocycles. The summed E-state index contributed by atoms with van der Waals surface area (Å²) in [5.74, 6) is 1.88. The third-order valence-corrected chi connectivity index (χ3v) is 6.08. The van der Waals surface area contributed by atoms with E-state index in [0.717, 1.165) is 17.1 Å². The molecule has 0 aliphatic heterocycles. The Morgan fingerprint density at radius 3 is 1.85 bits per heavy atom. The van der Waals surface area contributed by atoms with Crippen molar-refractivity contribution in [1.29, 1.82) is 0 Å². The molecule has 0 unspecified atom stereocenters. The van der Waals surface area contributed by atoms with Gasteiger partial charge in [0.1, 0.15) is 0 Å². The number of aryl methyl sites for hydroxylation is 2. The van der Waals surface area contributed by atoms with Crippen LogP contribution in [-0.4, -0.2) is 0 Å². The van der Waals surface area contributed by atoms with Gasteiger partial charge in [0.25, 0.3) is 0 Å². The molecule has 0 amide bonds. The van der Waals surface area contributed by atoms with Crippen molar-refractivity contribution in [2.24, 2.45) is 0 Å². The molecular formula is C29H33Cl2OZr-. The molecule has 0 saturated heterocycles. The van der Waals surface area contributed by atoms with E-state index in [1.54, 1.807) is 0 Å². The Morgan fingerprint density at radius 1 is 0.788 bits per heavy atom. The van der Waals surface area contributed by atoms with Crippen molar-refractivity contribution in [3.8, 4) is 22.5 Å². The zero-order valence-corrected chi connectivity index (χ0v) is 24.8. The average molecular weight is 560 g/mol. The number of furan rings is 1. The number of benzene rings is 2. The molecule has 0 bridgehead atoms. The molecule has 4 rings (SSSR count). The fourth-order valence-corrected chi connectivity index (χ4v) is 4.14. The maximum atomic E-state index is 5.90. The molecule has 0 aliphatic rings.